The number of ether oxygens (including phenoxy) is 2. The van der Waals surface area contributed by atoms with E-state index in [2.05, 4.69) is 0 Å². The summed E-state index contributed by atoms with van der Waals surface area (Å²) in [6, 6.07) is 5.49. The lowest BCUT2D eigenvalue weighted by molar-refractivity contribution is 0.0512. The van der Waals surface area contributed by atoms with E-state index in [0.29, 0.717) is 29.1 Å². The number of hydrogen-bond acceptors (Lipinski definition) is 6. The molecule has 1 aromatic heterocycles. The zero-order chi connectivity index (χ0) is 24.9. The first kappa shape index (κ1) is 26.8. The van der Waals surface area contributed by atoms with E-state index < -0.39 is 22.0 Å². The van der Waals surface area contributed by atoms with Crippen molar-refractivity contribution >= 4 is 21.8 Å². The predicted octanol–water partition coefficient (Wildman–Crippen LogP) is 3.52. The molecule has 0 bridgehead atoms. The Kier molecular flexibility index (Phi) is 8.99. The highest BCUT2D eigenvalue weighted by Crippen LogP contribution is 2.27. The third kappa shape index (κ3) is 5.37. The van der Waals surface area contributed by atoms with Crippen molar-refractivity contribution in [2.45, 2.75) is 59.0 Å². The van der Waals surface area contributed by atoms with Crippen molar-refractivity contribution in [2.24, 2.45) is 0 Å². The summed E-state index contributed by atoms with van der Waals surface area (Å²) in [5.41, 5.74) is 2.68. The average molecular weight is 479 g/mol. The molecule has 1 aromatic carbocycles. The van der Waals surface area contributed by atoms with Gasteiger partial charge < -0.3 is 14.0 Å². The maximum atomic E-state index is 13.7. The summed E-state index contributed by atoms with van der Waals surface area (Å²) in [5, 5.41) is 0. The molecule has 0 unspecified atom stereocenters. The Bertz CT molecular complexity index is 1100. The number of nitrogens with zero attached hydrogens (tertiary/aromatic N) is 2. The number of esters is 1. The third-order valence-electron chi connectivity index (χ3n) is 5.75. The Hall–Kier alpha value is -2.49. The van der Waals surface area contributed by atoms with Crippen molar-refractivity contribution in [3.8, 4) is 0 Å². The first-order valence-corrected chi connectivity index (χ1v) is 12.4. The van der Waals surface area contributed by atoms with Crippen LogP contribution in [0, 0.1) is 20.8 Å². The Morgan fingerprint density at radius 1 is 1.09 bits per heavy atom. The van der Waals surface area contributed by atoms with Crippen molar-refractivity contribution in [3.63, 3.8) is 0 Å². The Morgan fingerprint density at radius 3 is 2.21 bits per heavy atom. The zero-order valence-corrected chi connectivity index (χ0v) is 21.3. The number of benzene rings is 1. The second-order valence-corrected chi connectivity index (χ2v) is 9.75. The first-order chi connectivity index (χ1) is 15.5. The molecule has 0 saturated carbocycles. The normalized spacial score (nSPS) is 12.7. The predicted molar refractivity (Wildman–Crippen MR) is 126 cm³/mol. The smallest absolute Gasteiger partial charge is 0.355 e. The zero-order valence-electron chi connectivity index (χ0n) is 20.5. The van der Waals surface area contributed by atoms with E-state index >= 15 is 0 Å². The number of ketones is 1. The van der Waals surface area contributed by atoms with E-state index in [0.717, 1.165) is 9.87 Å². The fourth-order valence-electron chi connectivity index (χ4n) is 4.00. The number of carbonyl (C=O) groups is 2. The number of carbonyl (C=O) groups excluding carboxylic acids is 2. The summed E-state index contributed by atoms with van der Waals surface area (Å²) in [4.78, 5) is 26.4. The van der Waals surface area contributed by atoms with Crippen LogP contribution in [0.4, 0.5) is 0 Å². The molecule has 182 valence electrons. The van der Waals surface area contributed by atoms with Crippen LogP contribution in [0.2, 0.25) is 0 Å². The molecule has 0 aliphatic carbocycles. The minimum Gasteiger partial charge on any atom is -0.461 e. The summed E-state index contributed by atoms with van der Waals surface area (Å²) in [6.45, 7) is 11.3. The van der Waals surface area contributed by atoms with Gasteiger partial charge in [0, 0.05) is 31.5 Å². The standard InChI is InChI=1S/C24H34N2O6S/c1-8-25-18(5)21(17(4)22(25)24(28)32-9-2)23(27)19(6)26(14-15-31-7)33(29,30)20-12-10-16(3)11-13-20/h10-13,19H,8-9,14-15H2,1-7H3/t19-/m0/s1. The van der Waals surface area contributed by atoms with Crippen LogP contribution in [0.3, 0.4) is 0 Å². The highest BCUT2D eigenvalue weighted by molar-refractivity contribution is 7.89. The SMILES string of the molecule is CCOC(=O)c1c(C)c(C(=O)[C@H](C)N(CCOC)S(=O)(=O)c2ccc(C)cc2)c(C)n1CC. The second kappa shape index (κ2) is 11.1. The molecule has 9 heteroatoms. The van der Waals surface area contributed by atoms with Crippen LogP contribution in [0.5, 0.6) is 0 Å². The van der Waals surface area contributed by atoms with Crippen LogP contribution in [-0.4, -0.2) is 62.0 Å². The van der Waals surface area contributed by atoms with Gasteiger partial charge >= 0.3 is 5.97 Å². The van der Waals surface area contributed by atoms with Gasteiger partial charge in [-0.15, -0.1) is 0 Å². The summed E-state index contributed by atoms with van der Waals surface area (Å²) >= 11 is 0. The largest absolute Gasteiger partial charge is 0.461 e. The van der Waals surface area contributed by atoms with Crippen molar-refractivity contribution in [1.82, 2.24) is 8.87 Å². The van der Waals surface area contributed by atoms with Gasteiger partial charge in [0.15, 0.2) is 5.78 Å². The molecule has 0 aliphatic rings. The quantitative estimate of drug-likeness (QED) is 0.362. The summed E-state index contributed by atoms with van der Waals surface area (Å²) in [5.74, 6) is -0.885. The van der Waals surface area contributed by atoms with Gasteiger partial charge in [0.1, 0.15) is 5.69 Å². The molecule has 0 amide bonds. The molecule has 0 saturated heterocycles. The molecule has 2 aromatic rings. The number of aromatic nitrogens is 1. The van der Waals surface area contributed by atoms with Crippen molar-refractivity contribution in [3.05, 3.63) is 52.3 Å². The van der Waals surface area contributed by atoms with E-state index in [-0.39, 0.29) is 30.4 Å². The number of Topliss-reactive ketones (excluding diaryl/α,β-unsaturated/α-hetero) is 1. The molecule has 1 heterocycles. The fourth-order valence-corrected chi connectivity index (χ4v) is 5.58. The summed E-state index contributed by atoms with van der Waals surface area (Å²) in [7, 11) is -2.49. The van der Waals surface area contributed by atoms with E-state index in [4.69, 9.17) is 9.47 Å². The van der Waals surface area contributed by atoms with Gasteiger partial charge in [-0.2, -0.15) is 4.31 Å². The third-order valence-corrected chi connectivity index (χ3v) is 7.74. The van der Waals surface area contributed by atoms with Crippen LogP contribution in [-0.2, 0) is 26.0 Å². The molecular weight excluding hydrogens is 444 g/mol. The minimum atomic E-state index is -3.97. The minimum absolute atomic E-state index is 0.0108. The number of methoxy groups -OCH3 is 1. The molecular formula is C24H34N2O6S. The van der Waals surface area contributed by atoms with E-state index in [1.807, 2.05) is 13.8 Å². The highest BCUT2D eigenvalue weighted by atomic mass is 32.2. The maximum absolute atomic E-state index is 13.7. The molecule has 0 radical (unpaired) electrons. The number of sulfonamides is 1. The lowest BCUT2D eigenvalue weighted by atomic mass is 10.0. The summed E-state index contributed by atoms with van der Waals surface area (Å²) in [6.07, 6.45) is 0. The van der Waals surface area contributed by atoms with Crippen molar-refractivity contribution < 1.29 is 27.5 Å². The van der Waals surface area contributed by atoms with Crippen molar-refractivity contribution in [1.29, 1.82) is 0 Å². The Balaban J connectivity index is 2.56. The van der Waals surface area contributed by atoms with Gasteiger partial charge in [-0.1, -0.05) is 17.7 Å². The van der Waals surface area contributed by atoms with Gasteiger partial charge in [0.2, 0.25) is 10.0 Å². The lowest BCUT2D eigenvalue weighted by Gasteiger charge is -2.27. The maximum Gasteiger partial charge on any atom is 0.355 e. The molecule has 0 aliphatic heterocycles. The van der Waals surface area contributed by atoms with Crippen molar-refractivity contribution in [2.75, 3.05) is 26.9 Å². The van der Waals surface area contributed by atoms with E-state index in [9.17, 15) is 18.0 Å². The molecule has 2 rings (SSSR count). The Morgan fingerprint density at radius 2 is 1.70 bits per heavy atom. The van der Waals surface area contributed by atoms with E-state index in [1.165, 1.54) is 19.2 Å². The topological polar surface area (TPSA) is 94.9 Å². The molecule has 0 fully saturated rings. The van der Waals surface area contributed by atoms with Crippen LogP contribution in [0.15, 0.2) is 29.2 Å². The monoisotopic (exact) mass is 478 g/mol. The van der Waals surface area contributed by atoms with Gasteiger partial charge in [-0.3, -0.25) is 4.79 Å². The average Bonchev–Trinajstić information content (AvgIpc) is 3.02. The van der Waals surface area contributed by atoms with Crippen LogP contribution in [0.25, 0.3) is 0 Å². The molecule has 0 spiro atoms. The van der Waals surface area contributed by atoms with Gasteiger partial charge in [0.05, 0.1) is 24.2 Å². The van der Waals surface area contributed by atoms with Gasteiger partial charge in [-0.25, -0.2) is 13.2 Å². The number of aryl methyl sites for hydroxylation is 1. The van der Waals surface area contributed by atoms with Crippen LogP contribution >= 0.6 is 0 Å². The number of rotatable bonds is 11. The van der Waals surface area contributed by atoms with Crippen LogP contribution in [0.1, 0.15) is 58.4 Å². The van der Waals surface area contributed by atoms with Gasteiger partial charge in [-0.05, 0) is 59.2 Å². The lowest BCUT2D eigenvalue weighted by Crippen LogP contribution is -2.45. The number of hydrogen-bond donors (Lipinski definition) is 0. The molecule has 1 atom stereocenters. The Labute approximate surface area is 196 Å². The van der Waals surface area contributed by atoms with Gasteiger partial charge in [0.25, 0.3) is 0 Å². The van der Waals surface area contributed by atoms with Crippen LogP contribution < -0.4 is 0 Å². The first-order valence-electron chi connectivity index (χ1n) is 11.0. The molecule has 33 heavy (non-hydrogen) atoms. The van der Waals surface area contributed by atoms with E-state index in [1.54, 1.807) is 44.4 Å². The summed E-state index contributed by atoms with van der Waals surface area (Å²) < 4.78 is 40.1. The molecule has 8 nitrogen and oxygen atoms in total. The molecule has 0 N–H and O–H groups in total. The highest BCUT2D eigenvalue weighted by Gasteiger charge is 2.36. The second-order valence-electron chi connectivity index (χ2n) is 7.86. The fraction of sp³-hybridized carbons (Fsp3) is 0.500.